The lowest BCUT2D eigenvalue weighted by molar-refractivity contribution is 0.0443. The van der Waals surface area contributed by atoms with Crippen molar-refractivity contribution in [2.24, 2.45) is 0 Å². The summed E-state index contributed by atoms with van der Waals surface area (Å²) in [6, 6.07) is 12.9. The van der Waals surface area contributed by atoms with Gasteiger partial charge in [0.2, 0.25) is 11.8 Å². The van der Waals surface area contributed by atoms with E-state index in [9.17, 15) is 9.59 Å². The van der Waals surface area contributed by atoms with Crippen molar-refractivity contribution in [2.45, 2.75) is 82.9 Å². The summed E-state index contributed by atoms with van der Waals surface area (Å²) in [5, 5.41) is 14.7. The number of nitrogens with zero attached hydrogens (tertiary/aromatic N) is 6. The Morgan fingerprint density at radius 1 is 1.02 bits per heavy atom. The molecule has 5 aromatic rings. The predicted octanol–water partition coefficient (Wildman–Crippen LogP) is 7.08. The molecule has 1 saturated heterocycles. The Hall–Kier alpha value is -4.91. The summed E-state index contributed by atoms with van der Waals surface area (Å²) in [4.78, 5) is 43.0. The van der Waals surface area contributed by atoms with Gasteiger partial charge in [0.25, 0.3) is 11.8 Å². The number of ether oxygens (including phenoxy) is 1. The number of amides is 2. The van der Waals surface area contributed by atoms with Crippen molar-refractivity contribution in [1.29, 1.82) is 0 Å². The number of hydrogen-bond acceptors (Lipinski definition) is 11. The summed E-state index contributed by atoms with van der Waals surface area (Å²) in [5.41, 5.74) is 1.24. The fourth-order valence-corrected chi connectivity index (χ4v) is 6.98. The molecule has 0 unspecified atom stereocenters. The minimum Gasteiger partial charge on any atom is -0.444 e. The third kappa shape index (κ3) is 6.86. The predicted molar refractivity (Wildman–Crippen MR) is 177 cm³/mol. The lowest BCUT2D eigenvalue weighted by Crippen LogP contribution is -2.47. The van der Waals surface area contributed by atoms with E-state index >= 15 is 0 Å². The van der Waals surface area contributed by atoms with Crippen molar-refractivity contribution in [2.75, 3.05) is 6.54 Å². The van der Waals surface area contributed by atoms with E-state index < -0.39 is 17.2 Å². The molecule has 0 spiro atoms. The van der Waals surface area contributed by atoms with E-state index in [1.54, 1.807) is 51.2 Å². The van der Waals surface area contributed by atoms with Crippen molar-refractivity contribution >= 4 is 23.3 Å². The number of thiazole rings is 1. The summed E-state index contributed by atoms with van der Waals surface area (Å²) >= 11 is 1.63. The summed E-state index contributed by atoms with van der Waals surface area (Å²) in [7, 11) is 0. The molecule has 4 aromatic heterocycles. The van der Waals surface area contributed by atoms with Gasteiger partial charge < -0.3 is 23.8 Å². The van der Waals surface area contributed by atoms with Gasteiger partial charge in [-0.15, -0.1) is 21.5 Å². The first-order valence-electron chi connectivity index (χ1n) is 16.1. The van der Waals surface area contributed by atoms with Crippen LogP contribution in [0.4, 0.5) is 4.79 Å². The molecule has 12 nitrogen and oxygen atoms in total. The molecule has 2 fully saturated rings. The van der Waals surface area contributed by atoms with Crippen LogP contribution in [-0.4, -0.2) is 54.2 Å². The largest absolute Gasteiger partial charge is 0.444 e. The molecule has 2 amide bonds. The average molecular weight is 668 g/mol. The molecular weight excluding hydrogens is 630 g/mol. The van der Waals surface area contributed by atoms with Gasteiger partial charge >= 0.3 is 6.09 Å². The van der Waals surface area contributed by atoms with Gasteiger partial charge in [0.1, 0.15) is 33.8 Å². The number of oxazole rings is 1. The summed E-state index contributed by atoms with van der Waals surface area (Å²) in [6.07, 6.45) is 6.79. The fourth-order valence-electron chi connectivity index (χ4n) is 5.93. The van der Waals surface area contributed by atoms with Gasteiger partial charge in [0, 0.05) is 29.8 Å². The van der Waals surface area contributed by atoms with Crippen molar-refractivity contribution in [1.82, 2.24) is 35.4 Å². The molecule has 13 heteroatoms. The van der Waals surface area contributed by atoms with Crippen LogP contribution in [0.1, 0.15) is 97.9 Å². The van der Waals surface area contributed by atoms with Crippen molar-refractivity contribution < 1.29 is 23.2 Å². The van der Waals surface area contributed by atoms with Crippen LogP contribution < -0.4 is 5.32 Å². The number of hydrogen-bond donors (Lipinski definition) is 1. The maximum Gasteiger partial charge on any atom is 0.408 e. The molecule has 0 radical (unpaired) electrons. The number of carbonyl (C=O) groups excluding carboxylic acids is 2. The molecule has 2 aliphatic rings. The second-order valence-corrected chi connectivity index (χ2v) is 14.4. The van der Waals surface area contributed by atoms with Gasteiger partial charge in [-0.1, -0.05) is 30.3 Å². The molecule has 5 heterocycles. The van der Waals surface area contributed by atoms with Crippen LogP contribution in [0.5, 0.6) is 0 Å². The zero-order valence-electron chi connectivity index (χ0n) is 27.3. The number of alkyl carbamates (subject to hydrolysis) is 1. The molecule has 7 rings (SSSR count). The second-order valence-electron chi connectivity index (χ2n) is 13.5. The van der Waals surface area contributed by atoms with Gasteiger partial charge in [0.05, 0.1) is 17.9 Å². The zero-order chi connectivity index (χ0) is 33.5. The second kappa shape index (κ2) is 12.6. The number of nitrogens with one attached hydrogen (secondary N) is 1. The Morgan fingerprint density at radius 2 is 1.79 bits per heavy atom. The van der Waals surface area contributed by atoms with E-state index in [0.717, 1.165) is 29.1 Å². The molecule has 48 heavy (non-hydrogen) atoms. The quantitative estimate of drug-likeness (QED) is 0.173. The van der Waals surface area contributed by atoms with Gasteiger partial charge in [-0.05, 0) is 71.1 Å². The van der Waals surface area contributed by atoms with E-state index in [0.29, 0.717) is 30.1 Å². The van der Waals surface area contributed by atoms with E-state index in [-0.39, 0.29) is 35.3 Å². The highest BCUT2D eigenvalue weighted by atomic mass is 32.1. The normalized spacial score (nSPS) is 17.7. The number of likely N-dealkylation sites (tertiary alicyclic amines) is 1. The molecule has 1 saturated carbocycles. The van der Waals surface area contributed by atoms with Crippen molar-refractivity contribution in [3.05, 3.63) is 88.0 Å². The topological polar surface area (TPSA) is 149 Å². The van der Waals surface area contributed by atoms with Crippen LogP contribution in [0.2, 0.25) is 0 Å². The van der Waals surface area contributed by atoms with E-state index in [2.05, 4.69) is 25.9 Å². The molecule has 1 aromatic carbocycles. The number of benzene rings is 1. The summed E-state index contributed by atoms with van der Waals surface area (Å²) in [5.74, 6) is 0.873. The van der Waals surface area contributed by atoms with Crippen molar-refractivity contribution in [3.8, 4) is 23.2 Å². The lowest BCUT2D eigenvalue weighted by atomic mass is 9.92. The van der Waals surface area contributed by atoms with Gasteiger partial charge in [-0.2, -0.15) is 0 Å². The molecule has 0 bridgehead atoms. The molecule has 2 atom stereocenters. The monoisotopic (exact) mass is 667 g/mol. The number of rotatable bonds is 9. The number of aromatic nitrogens is 5. The first-order chi connectivity index (χ1) is 23.0. The smallest absolute Gasteiger partial charge is 0.408 e. The molecule has 1 N–H and O–H groups in total. The highest BCUT2D eigenvalue weighted by Gasteiger charge is 2.38. The minimum atomic E-state index is -1.14. The summed E-state index contributed by atoms with van der Waals surface area (Å²) in [6.45, 7) is 7.80. The maximum atomic E-state index is 14.2. The standard InChI is InChI=1S/C35H37N7O5S/c1-34(2,3)47-33(44)39-35(4,19-21-9-6-5-7-10-21)32-41-40-29(46-32)25-18-23(17-24(37-25)28-36-14-16-45-28)31(43)42-15-8-11-27(42)30-38-26(20-48-30)22-12-13-22/h5-7,9-10,14,16-18,20,22,27H,8,11-13,15,19H2,1-4H3,(H,39,44)/t27-,35-/m1/s1. The third-order valence-corrected chi connectivity index (χ3v) is 9.32. The van der Waals surface area contributed by atoms with E-state index in [1.807, 2.05) is 35.2 Å². The first kappa shape index (κ1) is 31.7. The van der Waals surface area contributed by atoms with Crippen LogP contribution in [-0.2, 0) is 16.7 Å². The molecule has 1 aliphatic carbocycles. The lowest BCUT2D eigenvalue weighted by Gasteiger charge is -2.29. The van der Waals surface area contributed by atoms with Crippen molar-refractivity contribution in [3.63, 3.8) is 0 Å². The summed E-state index contributed by atoms with van der Waals surface area (Å²) < 4.78 is 17.4. The van der Waals surface area contributed by atoms with Crippen LogP contribution in [0.15, 0.2) is 69.1 Å². The Labute approximate surface area is 282 Å². The number of pyridine rings is 1. The minimum absolute atomic E-state index is 0.0738. The highest BCUT2D eigenvalue weighted by Crippen LogP contribution is 2.43. The average Bonchev–Trinajstić information content (AvgIpc) is 3.57. The number of carbonyl (C=O) groups is 2. The first-order valence-corrected chi connectivity index (χ1v) is 17.0. The van der Waals surface area contributed by atoms with Gasteiger partial charge in [-0.25, -0.2) is 19.7 Å². The van der Waals surface area contributed by atoms with Crippen LogP contribution in [0.3, 0.4) is 0 Å². The fraction of sp³-hybridized carbons (Fsp3) is 0.400. The highest BCUT2D eigenvalue weighted by molar-refractivity contribution is 7.09. The van der Waals surface area contributed by atoms with Crippen LogP contribution >= 0.6 is 11.3 Å². The van der Waals surface area contributed by atoms with Crippen LogP contribution in [0, 0.1) is 0 Å². The maximum absolute atomic E-state index is 14.2. The molecule has 248 valence electrons. The van der Waals surface area contributed by atoms with Crippen LogP contribution in [0.25, 0.3) is 23.2 Å². The Balaban J connectivity index is 1.22. The Bertz CT molecular complexity index is 1910. The molecular formula is C35H37N7O5S. The van der Waals surface area contributed by atoms with E-state index in [1.165, 1.54) is 25.3 Å². The van der Waals surface area contributed by atoms with Gasteiger partial charge in [0.15, 0.2) is 0 Å². The Morgan fingerprint density at radius 3 is 2.50 bits per heavy atom. The molecule has 1 aliphatic heterocycles. The van der Waals surface area contributed by atoms with Gasteiger partial charge in [-0.3, -0.25) is 4.79 Å². The third-order valence-electron chi connectivity index (χ3n) is 8.35. The zero-order valence-corrected chi connectivity index (χ0v) is 28.1. The SMILES string of the molecule is CC(C)(C)OC(=O)N[C@](C)(Cc1ccccc1)c1nnc(-c2cc(C(=O)N3CCC[C@@H]3c3nc(C4CC4)cs3)cc(-c3ncco3)n2)o1. The van der Waals surface area contributed by atoms with E-state index in [4.69, 9.17) is 23.5 Å². The Kier molecular flexibility index (Phi) is 8.32.